The van der Waals surface area contributed by atoms with E-state index < -0.39 is 0 Å². The fraction of sp³-hybridized carbons (Fsp3) is 0.0833. The molecule has 0 atom stereocenters. The van der Waals surface area contributed by atoms with Gasteiger partial charge in [-0.3, -0.25) is 0 Å². The fourth-order valence-corrected chi connectivity index (χ4v) is 2.77. The van der Waals surface area contributed by atoms with E-state index in [1.165, 1.54) is 22.3 Å². The smallest absolute Gasteiger partial charge is 0.0463 e. The third-order valence-corrected chi connectivity index (χ3v) is 4.17. The number of allylic oxidation sites excluding steroid dienone is 4. The summed E-state index contributed by atoms with van der Waals surface area (Å²) in [6, 6.07) is 27.4. The SMILES string of the molecule is C/C=C\C=C(/C)c1ccc(Nc2ccccc2-c2ccccc2)cc1. The monoisotopic (exact) mass is 325 g/mol. The third-order valence-electron chi connectivity index (χ3n) is 4.17. The molecule has 0 aliphatic rings. The molecule has 0 aliphatic carbocycles. The van der Waals surface area contributed by atoms with Gasteiger partial charge < -0.3 is 5.32 Å². The van der Waals surface area contributed by atoms with Crippen molar-refractivity contribution in [1.82, 2.24) is 0 Å². The molecule has 3 aromatic rings. The minimum Gasteiger partial charge on any atom is -0.355 e. The molecule has 1 heteroatoms. The van der Waals surface area contributed by atoms with Crippen LogP contribution in [0.25, 0.3) is 16.7 Å². The lowest BCUT2D eigenvalue weighted by molar-refractivity contribution is 1.51. The Kier molecular flexibility index (Phi) is 5.48. The minimum absolute atomic E-state index is 1.09. The van der Waals surface area contributed by atoms with Crippen molar-refractivity contribution in [2.45, 2.75) is 13.8 Å². The van der Waals surface area contributed by atoms with Gasteiger partial charge in [-0.25, -0.2) is 0 Å². The van der Waals surface area contributed by atoms with E-state index in [1.807, 2.05) is 19.1 Å². The number of para-hydroxylation sites is 1. The molecule has 0 saturated heterocycles. The van der Waals surface area contributed by atoms with Crippen molar-refractivity contribution in [3.8, 4) is 11.1 Å². The molecule has 0 radical (unpaired) electrons. The first kappa shape index (κ1) is 16.8. The number of hydrogen-bond donors (Lipinski definition) is 1. The molecule has 124 valence electrons. The molecule has 0 amide bonds. The maximum absolute atomic E-state index is 3.55. The van der Waals surface area contributed by atoms with E-state index in [0.717, 1.165) is 11.4 Å². The maximum Gasteiger partial charge on any atom is 0.0463 e. The molecule has 0 bridgehead atoms. The first-order chi connectivity index (χ1) is 12.3. The van der Waals surface area contributed by atoms with Crippen molar-refractivity contribution in [2.24, 2.45) is 0 Å². The van der Waals surface area contributed by atoms with Crippen molar-refractivity contribution in [1.29, 1.82) is 0 Å². The predicted molar refractivity (Wildman–Crippen MR) is 110 cm³/mol. The van der Waals surface area contributed by atoms with Crippen LogP contribution in [0.2, 0.25) is 0 Å². The molecular weight excluding hydrogens is 302 g/mol. The summed E-state index contributed by atoms with van der Waals surface area (Å²) in [6.07, 6.45) is 6.24. The highest BCUT2D eigenvalue weighted by atomic mass is 14.9. The zero-order valence-corrected chi connectivity index (χ0v) is 14.7. The number of benzene rings is 3. The van der Waals surface area contributed by atoms with Gasteiger partial charge >= 0.3 is 0 Å². The summed E-state index contributed by atoms with van der Waals surface area (Å²) in [5.41, 5.74) is 7.12. The van der Waals surface area contributed by atoms with Gasteiger partial charge in [-0.05, 0) is 48.7 Å². The molecule has 0 spiro atoms. The lowest BCUT2D eigenvalue weighted by Crippen LogP contribution is -1.93. The van der Waals surface area contributed by atoms with Gasteiger partial charge in [0.2, 0.25) is 0 Å². The number of hydrogen-bond acceptors (Lipinski definition) is 1. The minimum atomic E-state index is 1.09. The molecule has 0 aromatic heterocycles. The zero-order valence-electron chi connectivity index (χ0n) is 14.7. The summed E-state index contributed by atoms with van der Waals surface area (Å²) in [6.45, 7) is 4.16. The summed E-state index contributed by atoms with van der Waals surface area (Å²) >= 11 is 0. The van der Waals surface area contributed by atoms with Crippen LogP contribution in [0.5, 0.6) is 0 Å². The Bertz CT molecular complexity index is 871. The second-order valence-corrected chi connectivity index (χ2v) is 5.99. The third kappa shape index (κ3) is 4.27. The first-order valence-corrected chi connectivity index (χ1v) is 8.59. The molecule has 3 aromatic carbocycles. The molecule has 0 fully saturated rings. The highest BCUT2D eigenvalue weighted by molar-refractivity contribution is 5.81. The summed E-state index contributed by atoms with van der Waals surface area (Å²) < 4.78 is 0. The van der Waals surface area contributed by atoms with Gasteiger partial charge in [0.1, 0.15) is 0 Å². The van der Waals surface area contributed by atoms with Crippen molar-refractivity contribution in [3.63, 3.8) is 0 Å². The molecule has 1 nitrogen and oxygen atoms in total. The molecule has 0 unspecified atom stereocenters. The van der Waals surface area contributed by atoms with Crippen molar-refractivity contribution < 1.29 is 0 Å². The maximum atomic E-state index is 3.55. The Morgan fingerprint density at radius 2 is 1.48 bits per heavy atom. The molecule has 3 rings (SSSR count). The quantitative estimate of drug-likeness (QED) is 0.494. The summed E-state index contributed by atoms with van der Waals surface area (Å²) in [5.74, 6) is 0. The average molecular weight is 325 g/mol. The van der Waals surface area contributed by atoms with E-state index >= 15 is 0 Å². The summed E-state index contributed by atoms with van der Waals surface area (Å²) in [5, 5.41) is 3.55. The zero-order chi connectivity index (χ0) is 17.5. The Morgan fingerprint density at radius 3 is 2.20 bits per heavy atom. The van der Waals surface area contributed by atoms with Crippen molar-refractivity contribution >= 4 is 16.9 Å². The van der Waals surface area contributed by atoms with Crippen LogP contribution in [0.1, 0.15) is 19.4 Å². The Labute approximate surface area is 150 Å². The average Bonchev–Trinajstić information content (AvgIpc) is 2.68. The number of anilines is 2. The lowest BCUT2D eigenvalue weighted by atomic mass is 10.0. The van der Waals surface area contributed by atoms with Gasteiger partial charge in [0.15, 0.2) is 0 Å². The van der Waals surface area contributed by atoms with Gasteiger partial charge in [0, 0.05) is 16.9 Å². The van der Waals surface area contributed by atoms with Crippen molar-refractivity contribution in [2.75, 3.05) is 5.32 Å². The van der Waals surface area contributed by atoms with E-state index in [4.69, 9.17) is 0 Å². The van der Waals surface area contributed by atoms with E-state index in [0.29, 0.717) is 0 Å². The highest BCUT2D eigenvalue weighted by Crippen LogP contribution is 2.30. The Hall–Kier alpha value is -3.06. The second kappa shape index (κ2) is 8.16. The van der Waals surface area contributed by atoms with Crippen LogP contribution in [0.3, 0.4) is 0 Å². The van der Waals surface area contributed by atoms with Gasteiger partial charge in [-0.1, -0.05) is 78.9 Å². The van der Waals surface area contributed by atoms with Crippen molar-refractivity contribution in [3.05, 3.63) is 103 Å². The largest absolute Gasteiger partial charge is 0.355 e. The van der Waals surface area contributed by atoms with Gasteiger partial charge in [-0.15, -0.1) is 0 Å². The number of rotatable bonds is 5. The predicted octanol–water partition coefficient (Wildman–Crippen LogP) is 7.08. The molecule has 0 saturated carbocycles. The summed E-state index contributed by atoms with van der Waals surface area (Å²) in [7, 11) is 0. The van der Waals surface area contributed by atoms with Crippen LogP contribution in [-0.2, 0) is 0 Å². The van der Waals surface area contributed by atoms with E-state index in [1.54, 1.807) is 0 Å². The fourth-order valence-electron chi connectivity index (χ4n) is 2.77. The topological polar surface area (TPSA) is 12.0 Å². The van der Waals surface area contributed by atoms with Gasteiger partial charge in [0.25, 0.3) is 0 Å². The first-order valence-electron chi connectivity index (χ1n) is 8.59. The lowest BCUT2D eigenvalue weighted by Gasteiger charge is -2.13. The molecular formula is C24H23N. The van der Waals surface area contributed by atoms with Crippen LogP contribution in [0, 0.1) is 0 Å². The Morgan fingerprint density at radius 1 is 0.800 bits per heavy atom. The van der Waals surface area contributed by atoms with Crippen LogP contribution < -0.4 is 5.32 Å². The van der Waals surface area contributed by atoms with Gasteiger partial charge in [0.05, 0.1) is 0 Å². The molecule has 25 heavy (non-hydrogen) atoms. The van der Waals surface area contributed by atoms with Crippen LogP contribution in [0.4, 0.5) is 11.4 Å². The normalized spacial score (nSPS) is 11.7. The standard InChI is InChI=1S/C24H23N/c1-3-4-10-19(2)20-15-17-22(18-16-20)25-24-14-9-8-13-23(24)21-11-6-5-7-12-21/h3-18,25H,1-2H3/b4-3-,19-10+. The van der Waals surface area contributed by atoms with Crippen LogP contribution in [0.15, 0.2) is 97.1 Å². The molecule has 0 heterocycles. The van der Waals surface area contributed by atoms with E-state index in [-0.39, 0.29) is 0 Å². The molecule has 0 aliphatic heterocycles. The molecule has 1 N–H and O–H groups in total. The van der Waals surface area contributed by atoms with E-state index in [2.05, 4.69) is 97.2 Å². The van der Waals surface area contributed by atoms with Crippen LogP contribution in [-0.4, -0.2) is 0 Å². The highest BCUT2D eigenvalue weighted by Gasteiger charge is 2.04. The summed E-state index contributed by atoms with van der Waals surface area (Å²) in [4.78, 5) is 0. The van der Waals surface area contributed by atoms with E-state index in [9.17, 15) is 0 Å². The van der Waals surface area contributed by atoms with Crippen LogP contribution >= 0.6 is 0 Å². The van der Waals surface area contributed by atoms with Gasteiger partial charge in [-0.2, -0.15) is 0 Å². The Balaban J connectivity index is 1.84. The number of nitrogens with one attached hydrogen (secondary N) is 1. The second-order valence-electron chi connectivity index (χ2n) is 5.99.